The Hall–Kier alpha value is -1.89. The average molecular weight is 770 g/mol. The summed E-state index contributed by atoms with van der Waals surface area (Å²) >= 11 is 0. The summed E-state index contributed by atoms with van der Waals surface area (Å²) in [5, 5.41) is 36.1. The van der Waals surface area contributed by atoms with Crippen molar-refractivity contribution in [1.82, 2.24) is 25.8 Å². The second kappa shape index (κ2) is 26.0. The number of amides is 5. The van der Waals surface area contributed by atoms with Gasteiger partial charge in [0.25, 0.3) is 0 Å². The first-order valence-corrected chi connectivity index (χ1v) is 13.8. The van der Waals surface area contributed by atoms with Gasteiger partial charge in [-0.1, -0.05) is 6.42 Å². The summed E-state index contributed by atoms with van der Waals surface area (Å²) < 4.78 is 0. The molecule has 5 amide bonds. The molecule has 0 aromatic rings. The zero-order valence-electron chi connectivity index (χ0n) is 23.9. The van der Waals surface area contributed by atoms with Crippen LogP contribution in [0.2, 0.25) is 0 Å². The number of carbonyl (C=O) groups is 5. The summed E-state index contributed by atoms with van der Waals surface area (Å²) in [6, 6.07) is 0. The molecule has 0 saturated heterocycles. The molecule has 0 saturated carbocycles. The van der Waals surface area contributed by atoms with Crippen molar-refractivity contribution in [3.05, 3.63) is 0 Å². The van der Waals surface area contributed by atoms with E-state index in [1.165, 1.54) is 6.92 Å². The zero-order chi connectivity index (χ0) is 29.5. The molecule has 0 spiro atoms. The number of nitrogens with one attached hydrogen (secondary N) is 2. The summed E-state index contributed by atoms with van der Waals surface area (Å²) in [5.74, 6) is -2.05. The van der Waals surface area contributed by atoms with E-state index < -0.39 is 17.7 Å². The normalized spacial score (nSPS) is 10.3. The van der Waals surface area contributed by atoms with E-state index >= 15 is 0 Å². The van der Waals surface area contributed by atoms with Crippen LogP contribution in [-0.2, 0) is 24.0 Å². The number of rotatable bonds is 23. The van der Waals surface area contributed by atoms with Crippen molar-refractivity contribution in [3.63, 3.8) is 0 Å². The molecule has 0 fully saturated rings. The van der Waals surface area contributed by atoms with Crippen molar-refractivity contribution < 1.29 is 39.6 Å². The van der Waals surface area contributed by atoms with Gasteiger partial charge in [0.05, 0.1) is 0 Å². The Morgan fingerprint density at radius 2 is 0.950 bits per heavy atom. The number of hydroxylamine groups is 6. The average Bonchev–Trinajstić information content (AvgIpc) is 2.91. The molecule has 0 aliphatic carbocycles. The van der Waals surface area contributed by atoms with Crippen LogP contribution in [-0.4, -0.2) is 127 Å². The molecule has 14 nitrogen and oxygen atoms in total. The Bertz CT molecular complexity index is 746. The Morgan fingerprint density at radius 3 is 1.32 bits per heavy atom. The van der Waals surface area contributed by atoms with E-state index in [2.05, 4.69) is 10.6 Å². The molecule has 0 aromatic heterocycles. The Labute approximate surface area is 257 Å². The van der Waals surface area contributed by atoms with E-state index in [9.17, 15) is 39.6 Å². The van der Waals surface area contributed by atoms with Gasteiger partial charge in [0.2, 0.25) is 29.5 Å². The van der Waals surface area contributed by atoms with E-state index in [0.29, 0.717) is 73.3 Å². The van der Waals surface area contributed by atoms with E-state index in [1.54, 1.807) is 0 Å². The number of carbonyl (C=O) groups excluding carboxylic acids is 5. The Balaban J connectivity index is 0. The first-order valence-electron chi connectivity index (χ1n) is 13.8. The SMILES string of the molecule is CC(=O)N(O)CCCCCNC(=O)CCC(=O)N(O)CCCCCNC(=O)CCC(=O)N(O)CCCCCN.[PbH2]. The molecule has 0 aromatic carbocycles. The molecule has 0 heterocycles. The van der Waals surface area contributed by atoms with Gasteiger partial charge in [-0.3, -0.25) is 39.6 Å². The fraction of sp³-hybridized carbons (Fsp3) is 0.800. The molecule has 0 atom stereocenters. The molecular formula is C25H50N6O8Pb. The van der Waals surface area contributed by atoms with Gasteiger partial charge in [-0.15, -0.1) is 0 Å². The first kappa shape index (κ1) is 40.3. The van der Waals surface area contributed by atoms with Gasteiger partial charge in [-0.25, -0.2) is 15.2 Å². The third-order valence-corrected chi connectivity index (χ3v) is 5.88. The van der Waals surface area contributed by atoms with Crippen LogP contribution in [0.15, 0.2) is 0 Å². The molecule has 0 bridgehead atoms. The maximum absolute atomic E-state index is 12.0. The number of unbranched alkanes of at least 4 members (excludes halogenated alkanes) is 6. The van der Waals surface area contributed by atoms with Gasteiger partial charge in [0.1, 0.15) is 0 Å². The minimum absolute atomic E-state index is 0. The van der Waals surface area contributed by atoms with E-state index in [4.69, 9.17) is 5.73 Å². The molecule has 0 aliphatic rings. The third kappa shape index (κ3) is 22.9. The Kier molecular flexibility index (Phi) is 26.2. The van der Waals surface area contributed by atoms with Crippen LogP contribution in [0.1, 0.15) is 90.4 Å². The molecule has 0 aliphatic heterocycles. The molecule has 7 N–H and O–H groups in total. The van der Waals surface area contributed by atoms with Crippen molar-refractivity contribution >= 4 is 56.8 Å². The predicted molar refractivity (Wildman–Crippen MR) is 150 cm³/mol. The van der Waals surface area contributed by atoms with Crippen molar-refractivity contribution in [3.8, 4) is 0 Å². The van der Waals surface area contributed by atoms with E-state index in [1.807, 2.05) is 0 Å². The van der Waals surface area contributed by atoms with Crippen LogP contribution in [0.4, 0.5) is 0 Å². The van der Waals surface area contributed by atoms with Gasteiger partial charge < -0.3 is 16.4 Å². The van der Waals surface area contributed by atoms with Crippen LogP contribution in [0.3, 0.4) is 0 Å². The number of hydrogen-bond acceptors (Lipinski definition) is 9. The van der Waals surface area contributed by atoms with Crippen LogP contribution < -0.4 is 16.4 Å². The van der Waals surface area contributed by atoms with Crippen molar-refractivity contribution in [1.29, 1.82) is 0 Å². The first-order chi connectivity index (χ1) is 18.6. The quantitative estimate of drug-likeness (QED) is 0.0358. The van der Waals surface area contributed by atoms with Gasteiger partial charge in [0.15, 0.2) is 0 Å². The monoisotopic (exact) mass is 770 g/mol. The maximum atomic E-state index is 12.0. The number of nitrogens with two attached hydrogens (primary N) is 1. The molecule has 15 heteroatoms. The van der Waals surface area contributed by atoms with Crippen molar-refractivity contribution in [2.45, 2.75) is 90.4 Å². The van der Waals surface area contributed by atoms with Crippen LogP contribution >= 0.6 is 0 Å². The molecule has 2 radical (unpaired) electrons. The van der Waals surface area contributed by atoms with Crippen LogP contribution in [0.25, 0.3) is 0 Å². The topological polar surface area (TPSA) is 206 Å². The summed E-state index contributed by atoms with van der Waals surface area (Å²) in [6.45, 7) is 3.22. The summed E-state index contributed by atoms with van der Waals surface area (Å²) in [5.41, 5.74) is 5.39. The van der Waals surface area contributed by atoms with Crippen molar-refractivity contribution in [2.24, 2.45) is 5.73 Å². The van der Waals surface area contributed by atoms with Gasteiger partial charge in [-0.2, -0.15) is 0 Å². The van der Waals surface area contributed by atoms with Gasteiger partial charge in [-0.05, 0) is 57.9 Å². The van der Waals surface area contributed by atoms with E-state index in [-0.39, 0.29) is 84.4 Å². The van der Waals surface area contributed by atoms with Crippen LogP contribution in [0.5, 0.6) is 0 Å². The second-order valence-electron chi connectivity index (χ2n) is 9.35. The minimum atomic E-state index is -0.548. The number of hydrogen-bond donors (Lipinski definition) is 6. The predicted octanol–water partition coefficient (Wildman–Crippen LogP) is 0.00590. The molecule has 232 valence electrons. The molecule has 40 heavy (non-hydrogen) atoms. The summed E-state index contributed by atoms with van der Waals surface area (Å²) in [4.78, 5) is 58.4. The standard InChI is InChI=1S/C25H48N6O8.Pb.2H/c1-21(32)29(37)18-9-3-6-16-27-22(33)12-14-25(36)31(39)20-10-4-7-17-28-23(34)11-13-24(35)30(38)19-8-2-5-15-26;;;/h37-39H,2-20,26H2,1H3,(H,27,33)(H,28,34);;;. The van der Waals surface area contributed by atoms with Gasteiger partial charge in [0, 0.05) is 65.3 Å². The zero-order valence-corrected chi connectivity index (χ0v) is 29.4. The third-order valence-electron chi connectivity index (χ3n) is 5.88. The molecule has 0 unspecified atom stereocenters. The number of nitrogens with zero attached hydrogens (tertiary/aromatic N) is 3. The van der Waals surface area contributed by atoms with Gasteiger partial charge >= 0.3 is 27.3 Å². The summed E-state index contributed by atoms with van der Waals surface area (Å²) in [6.07, 6.45) is 5.84. The summed E-state index contributed by atoms with van der Waals surface area (Å²) in [7, 11) is 0. The fourth-order valence-electron chi connectivity index (χ4n) is 3.45. The second-order valence-corrected chi connectivity index (χ2v) is 9.35. The van der Waals surface area contributed by atoms with E-state index in [0.717, 1.165) is 19.3 Å². The fourth-order valence-corrected chi connectivity index (χ4v) is 3.45. The Morgan fingerprint density at radius 1 is 0.575 bits per heavy atom. The van der Waals surface area contributed by atoms with Crippen molar-refractivity contribution in [2.75, 3.05) is 39.3 Å². The molecule has 0 rings (SSSR count). The van der Waals surface area contributed by atoms with Crippen LogP contribution in [0, 0.1) is 0 Å². The molecular weight excluding hydrogens is 720 g/mol.